The Morgan fingerprint density at radius 2 is 2.17 bits per heavy atom. The summed E-state index contributed by atoms with van der Waals surface area (Å²) in [5, 5.41) is 0. The summed E-state index contributed by atoms with van der Waals surface area (Å²) in [5.41, 5.74) is 0.288. The van der Waals surface area contributed by atoms with Gasteiger partial charge in [-0.05, 0) is 33.7 Å². The average Bonchev–Trinajstić information content (AvgIpc) is 2.35. The molecule has 0 aromatic rings. The smallest absolute Gasteiger partial charge is 0.218 e. The lowest BCUT2D eigenvalue weighted by atomic mass is 10.1. The first kappa shape index (κ1) is 9.54. The van der Waals surface area contributed by atoms with Gasteiger partial charge in [-0.15, -0.1) is 0 Å². The topological polar surface area (TPSA) is 7.60 Å². The summed E-state index contributed by atoms with van der Waals surface area (Å²) in [4.78, 5) is 5.93. The number of nitrogens with zero attached hydrogens (tertiary/aromatic N) is 2. The van der Waals surface area contributed by atoms with Gasteiger partial charge < -0.3 is 4.85 Å². The minimum atomic E-state index is 0.288. The molecule has 0 aromatic heterocycles. The van der Waals surface area contributed by atoms with Crippen molar-refractivity contribution in [2.24, 2.45) is 5.92 Å². The molecule has 0 radical (unpaired) electrons. The monoisotopic (exact) mass is 166 g/mol. The molecule has 1 aliphatic rings. The maximum absolute atomic E-state index is 6.80. The molecule has 0 N–H and O–H groups in total. The highest BCUT2D eigenvalue weighted by Crippen LogP contribution is 2.24. The average molecular weight is 166 g/mol. The molecule has 1 heterocycles. The van der Waals surface area contributed by atoms with Crippen LogP contribution in [0.4, 0.5) is 0 Å². The van der Waals surface area contributed by atoms with Crippen LogP contribution in [0.25, 0.3) is 4.85 Å². The van der Waals surface area contributed by atoms with Gasteiger partial charge in [-0.25, -0.2) is 6.57 Å². The lowest BCUT2D eigenvalue weighted by Crippen LogP contribution is -2.39. The zero-order valence-electron chi connectivity index (χ0n) is 8.30. The fourth-order valence-electron chi connectivity index (χ4n) is 1.72. The van der Waals surface area contributed by atoms with E-state index in [2.05, 4.69) is 30.5 Å². The molecule has 68 valence electrons. The molecular formula is C10H18N2. The number of likely N-dealkylation sites (tertiary alicyclic amines) is 1. The molecule has 2 nitrogen and oxygen atoms in total. The van der Waals surface area contributed by atoms with Gasteiger partial charge in [-0.2, -0.15) is 0 Å². The molecule has 0 bridgehead atoms. The standard InChI is InChI=1S/C10H18N2/c1-10(2,3)12-6-5-9(8-12)7-11-4/h9H,5-8H2,1-3H3. The van der Waals surface area contributed by atoms with Crippen LogP contribution in [0.5, 0.6) is 0 Å². The van der Waals surface area contributed by atoms with Gasteiger partial charge in [0.05, 0.1) is 0 Å². The highest BCUT2D eigenvalue weighted by Gasteiger charge is 2.31. The van der Waals surface area contributed by atoms with Crippen molar-refractivity contribution in [2.75, 3.05) is 19.6 Å². The summed E-state index contributed by atoms with van der Waals surface area (Å²) in [7, 11) is 0. The molecule has 12 heavy (non-hydrogen) atoms. The van der Waals surface area contributed by atoms with E-state index in [-0.39, 0.29) is 5.54 Å². The van der Waals surface area contributed by atoms with Crippen LogP contribution in [0, 0.1) is 12.5 Å². The minimum absolute atomic E-state index is 0.288. The van der Waals surface area contributed by atoms with Gasteiger partial charge in [0.15, 0.2) is 0 Å². The predicted molar refractivity (Wildman–Crippen MR) is 50.9 cm³/mol. The molecule has 1 aliphatic heterocycles. The van der Waals surface area contributed by atoms with Crippen molar-refractivity contribution in [3.63, 3.8) is 0 Å². The second kappa shape index (κ2) is 3.45. The molecule has 2 heteroatoms. The Bertz CT molecular complexity index is 185. The van der Waals surface area contributed by atoms with Crippen LogP contribution < -0.4 is 0 Å². The molecule has 0 aliphatic carbocycles. The second-order valence-corrected chi connectivity index (χ2v) is 4.61. The van der Waals surface area contributed by atoms with E-state index in [1.807, 2.05) is 0 Å². The molecule has 0 saturated carbocycles. The van der Waals surface area contributed by atoms with Crippen LogP contribution >= 0.6 is 0 Å². The normalized spacial score (nSPS) is 25.7. The van der Waals surface area contributed by atoms with E-state index in [9.17, 15) is 0 Å². The van der Waals surface area contributed by atoms with Gasteiger partial charge >= 0.3 is 0 Å². The molecule has 1 unspecified atom stereocenters. The first-order chi connectivity index (χ1) is 5.54. The Balaban J connectivity index is 2.42. The molecule has 0 spiro atoms. The minimum Gasteiger partial charge on any atom is -0.317 e. The summed E-state index contributed by atoms with van der Waals surface area (Å²) in [6, 6.07) is 0. The fourth-order valence-corrected chi connectivity index (χ4v) is 1.72. The first-order valence-corrected chi connectivity index (χ1v) is 4.62. The van der Waals surface area contributed by atoms with Crippen molar-refractivity contribution in [1.82, 2.24) is 4.90 Å². The van der Waals surface area contributed by atoms with Crippen molar-refractivity contribution < 1.29 is 0 Å². The van der Waals surface area contributed by atoms with E-state index in [1.165, 1.54) is 13.0 Å². The second-order valence-electron chi connectivity index (χ2n) is 4.61. The van der Waals surface area contributed by atoms with E-state index in [0.717, 1.165) is 6.54 Å². The summed E-state index contributed by atoms with van der Waals surface area (Å²) < 4.78 is 0. The Morgan fingerprint density at radius 1 is 1.50 bits per heavy atom. The highest BCUT2D eigenvalue weighted by atomic mass is 15.2. The quantitative estimate of drug-likeness (QED) is 0.541. The Hall–Kier alpha value is -0.550. The van der Waals surface area contributed by atoms with E-state index in [4.69, 9.17) is 6.57 Å². The van der Waals surface area contributed by atoms with Crippen LogP contribution in [-0.2, 0) is 0 Å². The van der Waals surface area contributed by atoms with Gasteiger partial charge in [0, 0.05) is 18.0 Å². The Kier molecular flexibility index (Phi) is 2.74. The maximum Gasteiger partial charge on any atom is 0.218 e. The molecular weight excluding hydrogens is 148 g/mol. The third-order valence-corrected chi connectivity index (χ3v) is 2.58. The van der Waals surface area contributed by atoms with Crippen molar-refractivity contribution in [3.05, 3.63) is 11.4 Å². The Morgan fingerprint density at radius 3 is 2.58 bits per heavy atom. The number of hydrogen-bond acceptors (Lipinski definition) is 1. The van der Waals surface area contributed by atoms with Crippen LogP contribution in [0.2, 0.25) is 0 Å². The zero-order valence-corrected chi connectivity index (χ0v) is 8.30. The molecule has 1 rings (SSSR count). The molecule has 1 atom stereocenters. The number of rotatable bonds is 1. The van der Waals surface area contributed by atoms with E-state index >= 15 is 0 Å². The number of hydrogen-bond donors (Lipinski definition) is 0. The first-order valence-electron chi connectivity index (χ1n) is 4.62. The maximum atomic E-state index is 6.80. The van der Waals surface area contributed by atoms with Crippen molar-refractivity contribution in [1.29, 1.82) is 0 Å². The van der Waals surface area contributed by atoms with Crippen LogP contribution in [0.3, 0.4) is 0 Å². The fraction of sp³-hybridized carbons (Fsp3) is 0.900. The summed E-state index contributed by atoms with van der Waals surface area (Å²) >= 11 is 0. The molecule has 1 saturated heterocycles. The van der Waals surface area contributed by atoms with Crippen LogP contribution in [-0.4, -0.2) is 30.1 Å². The zero-order chi connectivity index (χ0) is 9.19. The lowest BCUT2D eigenvalue weighted by Gasteiger charge is -2.31. The van der Waals surface area contributed by atoms with Gasteiger partial charge in [0.1, 0.15) is 0 Å². The third kappa shape index (κ3) is 2.22. The largest absolute Gasteiger partial charge is 0.317 e. The van der Waals surface area contributed by atoms with Crippen molar-refractivity contribution >= 4 is 0 Å². The highest BCUT2D eigenvalue weighted by molar-refractivity contribution is 4.87. The van der Waals surface area contributed by atoms with Crippen LogP contribution in [0.15, 0.2) is 0 Å². The molecule has 0 amide bonds. The van der Waals surface area contributed by atoms with E-state index in [1.54, 1.807) is 0 Å². The van der Waals surface area contributed by atoms with E-state index in [0.29, 0.717) is 12.5 Å². The van der Waals surface area contributed by atoms with Crippen molar-refractivity contribution in [2.45, 2.75) is 32.7 Å². The molecule has 0 aromatic carbocycles. The van der Waals surface area contributed by atoms with Crippen molar-refractivity contribution in [3.8, 4) is 0 Å². The van der Waals surface area contributed by atoms with Gasteiger partial charge in [0.25, 0.3) is 0 Å². The van der Waals surface area contributed by atoms with E-state index < -0.39 is 0 Å². The predicted octanol–water partition coefficient (Wildman–Crippen LogP) is 2.03. The summed E-state index contributed by atoms with van der Waals surface area (Å²) in [5.74, 6) is 0.627. The summed E-state index contributed by atoms with van der Waals surface area (Å²) in [6.07, 6.45) is 1.21. The van der Waals surface area contributed by atoms with Gasteiger partial charge in [0.2, 0.25) is 6.54 Å². The Labute approximate surface area is 75.4 Å². The van der Waals surface area contributed by atoms with Crippen LogP contribution in [0.1, 0.15) is 27.2 Å². The lowest BCUT2D eigenvalue weighted by molar-refractivity contribution is 0.169. The SMILES string of the molecule is [C-]#[N+]CC1CCN(C(C)(C)C)C1. The van der Waals surface area contributed by atoms with Gasteiger partial charge in [-0.3, -0.25) is 4.90 Å². The third-order valence-electron chi connectivity index (χ3n) is 2.58. The van der Waals surface area contributed by atoms with Gasteiger partial charge in [-0.1, -0.05) is 0 Å². The molecule has 1 fully saturated rings. The summed E-state index contributed by atoms with van der Waals surface area (Å²) in [6.45, 7) is 16.5.